The number of nitrogens with zero attached hydrogens (tertiary/aromatic N) is 3. The SMILES string of the molecule is Cc1nc(N2CCCC(C)(O)C2)ncc1C(=O)O. The minimum absolute atomic E-state index is 0.113. The second-order valence-electron chi connectivity index (χ2n) is 5.00. The first-order chi connectivity index (χ1) is 8.39. The summed E-state index contributed by atoms with van der Waals surface area (Å²) in [4.78, 5) is 21.0. The van der Waals surface area contributed by atoms with Gasteiger partial charge in [0.25, 0.3) is 0 Å². The number of carboxylic acid groups (broad SMARTS) is 1. The Hall–Kier alpha value is -1.69. The van der Waals surface area contributed by atoms with Gasteiger partial charge in [-0.05, 0) is 26.7 Å². The van der Waals surface area contributed by atoms with Crippen molar-refractivity contribution in [2.24, 2.45) is 0 Å². The number of piperidine rings is 1. The van der Waals surface area contributed by atoms with Gasteiger partial charge in [0.05, 0.1) is 16.9 Å². The Balaban J connectivity index is 2.24. The molecule has 1 aliphatic heterocycles. The molecule has 0 amide bonds. The van der Waals surface area contributed by atoms with Gasteiger partial charge in [-0.2, -0.15) is 0 Å². The van der Waals surface area contributed by atoms with Crippen LogP contribution in [-0.4, -0.2) is 44.8 Å². The molecule has 1 saturated heterocycles. The maximum atomic E-state index is 10.9. The zero-order valence-corrected chi connectivity index (χ0v) is 10.6. The molecule has 1 unspecified atom stereocenters. The molecule has 1 aliphatic rings. The van der Waals surface area contributed by atoms with E-state index in [0.29, 0.717) is 18.2 Å². The number of rotatable bonds is 2. The standard InChI is InChI=1S/C12H17N3O3/c1-8-9(10(16)17)6-13-11(14-8)15-5-3-4-12(2,18)7-15/h6,18H,3-5,7H2,1-2H3,(H,16,17). The van der Waals surface area contributed by atoms with Crippen LogP contribution in [-0.2, 0) is 0 Å². The third-order valence-corrected chi connectivity index (χ3v) is 3.15. The highest BCUT2D eigenvalue weighted by Gasteiger charge is 2.29. The van der Waals surface area contributed by atoms with Crippen molar-refractivity contribution in [1.82, 2.24) is 9.97 Å². The lowest BCUT2D eigenvalue weighted by Gasteiger charge is -2.36. The van der Waals surface area contributed by atoms with Gasteiger partial charge in [0.2, 0.25) is 5.95 Å². The molecule has 1 atom stereocenters. The van der Waals surface area contributed by atoms with Crippen molar-refractivity contribution in [2.75, 3.05) is 18.0 Å². The lowest BCUT2D eigenvalue weighted by atomic mass is 9.95. The number of aryl methyl sites for hydroxylation is 1. The maximum Gasteiger partial charge on any atom is 0.339 e. The Morgan fingerprint density at radius 3 is 2.83 bits per heavy atom. The van der Waals surface area contributed by atoms with E-state index in [-0.39, 0.29) is 5.56 Å². The third-order valence-electron chi connectivity index (χ3n) is 3.15. The Bertz CT molecular complexity index is 474. The van der Waals surface area contributed by atoms with Crippen molar-refractivity contribution in [3.63, 3.8) is 0 Å². The summed E-state index contributed by atoms with van der Waals surface area (Å²) in [6.07, 6.45) is 2.95. The van der Waals surface area contributed by atoms with Crippen LogP contribution in [0.1, 0.15) is 35.8 Å². The van der Waals surface area contributed by atoms with Gasteiger partial charge in [0.1, 0.15) is 0 Å². The molecular weight excluding hydrogens is 234 g/mol. The Kier molecular flexibility index (Phi) is 3.21. The van der Waals surface area contributed by atoms with Gasteiger partial charge in [-0.3, -0.25) is 0 Å². The molecular formula is C12H17N3O3. The summed E-state index contributed by atoms with van der Waals surface area (Å²) >= 11 is 0. The predicted molar refractivity (Wildman–Crippen MR) is 65.8 cm³/mol. The van der Waals surface area contributed by atoms with Crippen LogP contribution >= 0.6 is 0 Å². The number of aromatic carboxylic acids is 1. The summed E-state index contributed by atoms with van der Waals surface area (Å²) in [6, 6.07) is 0. The van der Waals surface area contributed by atoms with Crippen LogP contribution in [0, 0.1) is 6.92 Å². The van der Waals surface area contributed by atoms with Crippen molar-refractivity contribution < 1.29 is 15.0 Å². The van der Waals surface area contributed by atoms with Gasteiger partial charge >= 0.3 is 5.97 Å². The first-order valence-electron chi connectivity index (χ1n) is 5.93. The molecule has 0 bridgehead atoms. The van der Waals surface area contributed by atoms with E-state index < -0.39 is 11.6 Å². The van der Waals surface area contributed by atoms with E-state index in [1.807, 2.05) is 4.90 Å². The number of aromatic nitrogens is 2. The van der Waals surface area contributed by atoms with Crippen molar-refractivity contribution in [3.05, 3.63) is 17.5 Å². The summed E-state index contributed by atoms with van der Waals surface area (Å²) in [7, 11) is 0. The number of hydrogen-bond acceptors (Lipinski definition) is 5. The number of aliphatic hydroxyl groups is 1. The molecule has 98 valence electrons. The van der Waals surface area contributed by atoms with Gasteiger partial charge in [-0.25, -0.2) is 14.8 Å². The van der Waals surface area contributed by atoms with Crippen LogP contribution in [0.3, 0.4) is 0 Å². The van der Waals surface area contributed by atoms with Gasteiger partial charge in [0, 0.05) is 19.3 Å². The Labute approximate surface area is 105 Å². The topological polar surface area (TPSA) is 86.5 Å². The van der Waals surface area contributed by atoms with E-state index in [1.54, 1.807) is 13.8 Å². The maximum absolute atomic E-state index is 10.9. The molecule has 0 saturated carbocycles. The molecule has 1 aromatic heterocycles. The largest absolute Gasteiger partial charge is 0.478 e. The Morgan fingerprint density at radius 1 is 1.56 bits per heavy atom. The minimum atomic E-state index is -1.02. The molecule has 0 aliphatic carbocycles. The van der Waals surface area contributed by atoms with Crippen molar-refractivity contribution >= 4 is 11.9 Å². The van der Waals surface area contributed by atoms with E-state index >= 15 is 0 Å². The summed E-state index contributed by atoms with van der Waals surface area (Å²) in [6.45, 7) is 4.69. The minimum Gasteiger partial charge on any atom is -0.478 e. The quantitative estimate of drug-likeness (QED) is 0.809. The van der Waals surface area contributed by atoms with E-state index in [4.69, 9.17) is 5.11 Å². The average Bonchev–Trinajstić information content (AvgIpc) is 2.27. The van der Waals surface area contributed by atoms with Gasteiger partial charge < -0.3 is 15.1 Å². The molecule has 1 aromatic rings. The zero-order chi connectivity index (χ0) is 13.3. The summed E-state index contributed by atoms with van der Waals surface area (Å²) < 4.78 is 0. The first kappa shape index (κ1) is 12.8. The van der Waals surface area contributed by atoms with Gasteiger partial charge in [0.15, 0.2) is 0 Å². The average molecular weight is 251 g/mol. The molecule has 0 radical (unpaired) electrons. The normalized spacial score (nSPS) is 24.1. The van der Waals surface area contributed by atoms with Crippen LogP contribution in [0.25, 0.3) is 0 Å². The molecule has 18 heavy (non-hydrogen) atoms. The second kappa shape index (κ2) is 4.53. The monoisotopic (exact) mass is 251 g/mol. The van der Waals surface area contributed by atoms with E-state index in [1.165, 1.54) is 6.20 Å². The molecule has 6 heteroatoms. The predicted octanol–water partition coefficient (Wildman–Crippen LogP) is 0.834. The van der Waals surface area contributed by atoms with Crippen LogP contribution in [0.5, 0.6) is 0 Å². The van der Waals surface area contributed by atoms with Gasteiger partial charge in [-0.15, -0.1) is 0 Å². The van der Waals surface area contributed by atoms with Crippen LogP contribution < -0.4 is 4.90 Å². The fraction of sp³-hybridized carbons (Fsp3) is 0.583. The van der Waals surface area contributed by atoms with Crippen molar-refractivity contribution in [3.8, 4) is 0 Å². The lowest BCUT2D eigenvalue weighted by Crippen LogP contribution is -2.46. The number of carboxylic acids is 1. The third kappa shape index (κ3) is 2.59. The molecule has 1 fully saturated rings. The highest BCUT2D eigenvalue weighted by atomic mass is 16.4. The van der Waals surface area contributed by atoms with Gasteiger partial charge in [-0.1, -0.05) is 0 Å². The smallest absolute Gasteiger partial charge is 0.339 e. The lowest BCUT2D eigenvalue weighted by molar-refractivity contribution is 0.0444. The van der Waals surface area contributed by atoms with Crippen LogP contribution in [0.4, 0.5) is 5.95 Å². The molecule has 0 spiro atoms. The fourth-order valence-corrected chi connectivity index (χ4v) is 2.21. The highest BCUT2D eigenvalue weighted by molar-refractivity contribution is 5.88. The van der Waals surface area contributed by atoms with Crippen molar-refractivity contribution in [2.45, 2.75) is 32.3 Å². The van der Waals surface area contributed by atoms with Crippen LogP contribution in [0.2, 0.25) is 0 Å². The van der Waals surface area contributed by atoms with E-state index in [0.717, 1.165) is 19.4 Å². The zero-order valence-electron chi connectivity index (χ0n) is 10.6. The summed E-state index contributed by atoms with van der Waals surface area (Å²) in [5, 5.41) is 18.9. The number of hydrogen-bond donors (Lipinski definition) is 2. The molecule has 2 heterocycles. The van der Waals surface area contributed by atoms with Crippen molar-refractivity contribution in [1.29, 1.82) is 0 Å². The van der Waals surface area contributed by atoms with Crippen LogP contribution in [0.15, 0.2) is 6.20 Å². The molecule has 6 nitrogen and oxygen atoms in total. The molecule has 0 aromatic carbocycles. The first-order valence-corrected chi connectivity index (χ1v) is 5.93. The van der Waals surface area contributed by atoms with E-state index in [9.17, 15) is 9.90 Å². The number of β-amino-alcohol motifs (C(OH)–C–C–N with tert-alkyl or cyclic N) is 1. The number of carbonyl (C=O) groups is 1. The summed E-state index contributed by atoms with van der Waals surface area (Å²) in [5.41, 5.74) is -0.179. The number of anilines is 1. The highest BCUT2D eigenvalue weighted by Crippen LogP contribution is 2.23. The second-order valence-corrected chi connectivity index (χ2v) is 5.00. The Morgan fingerprint density at radius 2 is 2.28 bits per heavy atom. The summed E-state index contributed by atoms with van der Waals surface area (Å²) in [5.74, 6) is -0.540. The van der Waals surface area contributed by atoms with E-state index in [2.05, 4.69) is 9.97 Å². The fourth-order valence-electron chi connectivity index (χ4n) is 2.21. The molecule has 2 rings (SSSR count). The molecule has 2 N–H and O–H groups in total.